The molecular weight excluding hydrogens is 244 g/mol. The SMILES string of the molecule is Nc1cnoc1-c1cc2ccc(Cl)cc2s1. The number of nitrogen functional groups attached to an aromatic ring is 1. The number of nitrogens with two attached hydrogens (primary N) is 1. The number of fused-ring (bicyclic) bond motifs is 1. The van der Waals surface area contributed by atoms with Crippen LogP contribution in [0.2, 0.25) is 5.02 Å². The molecule has 0 aliphatic heterocycles. The van der Waals surface area contributed by atoms with Gasteiger partial charge < -0.3 is 10.3 Å². The molecule has 2 aromatic heterocycles. The Balaban J connectivity index is 2.23. The summed E-state index contributed by atoms with van der Waals surface area (Å²) >= 11 is 7.52. The second kappa shape index (κ2) is 3.50. The summed E-state index contributed by atoms with van der Waals surface area (Å²) in [5.41, 5.74) is 6.30. The van der Waals surface area contributed by atoms with Gasteiger partial charge in [-0.2, -0.15) is 0 Å². The van der Waals surface area contributed by atoms with Crippen molar-refractivity contribution in [3.8, 4) is 10.6 Å². The topological polar surface area (TPSA) is 52.0 Å². The van der Waals surface area contributed by atoms with Crippen molar-refractivity contribution >= 4 is 38.7 Å². The van der Waals surface area contributed by atoms with Crippen LogP contribution in [0.3, 0.4) is 0 Å². The maximum absolute atomic E-state index is 5.93. The number of hydrogen-bond acceptors (Lipinski definition) is 4. The van der Waals surface area contributed by atoms with Gasteiger partial charge in [-0.05, 0) is 23.6 Å². The fourth-order valence-electron chi connectivity index (χ4n) is 1.55. The summed E-state index contributed by atoms with van der Waals surface area (Å²) in [6, 6.07) is 7.79. The van der Waals surface area contributed by atoms with Crippen LogP contribution in [0.15, 0.2) is 35.0 Å². The standard InChI is InChI=1S/C11H7ClN2OS/c12-7-2-1-6-3-10(16-9(6)4-7)11-8(13)5-14-15-11/h1-5H,13H2. The van der Waals surface area contributed by atoms with Crippen LogP contribution < -0.4 is 5.73 Å². The summed E-state index contributed by atoms with van der Waals surface area (Å²) < 4.78 is 6.22. The number of hydrogen-bond donors (Lipinski definition) is 1. The summed E-state index contributed by atoms with van der Waals surface area (Å²) in [7, 11) is 0. The van der Waals surface area contributed by atoms with Crippen LogP contribution in [-0.4, -0.2) is 5.16 Å². The van der Waals surface area contributed by atoms with Crippen molar-refractivity contribution in [3.63, 3.8) is 0 Å². The molecule has 80 valence electrons. The molecule has 0 spiro atoms. The lowest BCUT2D eigenvalue weighted by atomic mass is 10.2. The van der Waals surface area contributed by atoms with E-state index in [1.165, 1.54) is 6.20 Å². The van der Waals surface area contributed by atoms with E-state index in [1.807, 2.05) is 24.3 Å². The predicted molar refractivity (Wildman–Crippen MR) is 66.7 cm³/mol. The third-order valence-corrected chi connectivity index (χ3v) is 3.64. The van der Waals surface area contributed by atoms with E-state index in [9.17, 15) is 0 Å². The van der Waals surface area contributed by atoms with Gasteiger partial charge in [-0.25, -0.2) is 0 Å². The summed E-state index contributed by atoms with van der Waals surface area (Å²) in [4.78, 5) is 0.965. The Morgan fingerprint density at radius 2 is 2.19 bits per heavy atom. The van der Waals surface area contributed by atoms with Crippen molar-refractivity contribution in [2.24, 2.45) is 0 Å². The molecule has 0 bridgehead atoms. The highest BCUT2D eigenvalue weighted by Crippen LogP contribution is 2.36. The fraction of sp³-hybridized carbons (Fsp3) is 0. The lowest BCUT2D eigenvalue weighted by molar-refractivity contribution is 0.433. The van der Waals surface area contributed by atoms with Gasteiger partial charge in [0.25, 0.3) is 0 Å². The Labute approximate surface area is 100 Å². The van der Waals surface area contributed by atoms with Gasteiger partial charge >= 0.3 is 0 Å². The minimum atomic E-state index is 0.553. The molecule has 0 saturated carbocycles. The maximum Gasteiger partial charge on any atom is 0.199 e. The molecular formula is C11H7ClN2OS. The monoisotopic (exact) mass is 250 g/mol. The second-order valence-electron chi connectivity index (χ2n) is 3.40. The van der Waals surface area contributed by atoms with Crippen molar-refractivity contribution in [2.75, 3.05) is 5.73 Å². The average Bonchev–Trinajstić information content (AvgIpc) is 2.82. The van der Waals surface area contributed by atoms with Crippen molar-refractivity contribution in [2.45, 2.75) is 0 Å². The summed E-state index contributed by atoms with van der Waals surface area (Å²) in [5, 5.41) is 5.52. The van der Waals surface area contributed by atoms with E-state index in [4.69, 9.17) is 21.9 Å². The van der Waals surface area contributed by atoms with Gasteiger partial charge in [-0.3, -0.25) is 0 Å². The molecule has 2 heterocycles. The average molecular weight is 251 g/mol. The molecule has 0 unspecified atom stereocenters. The largest absolute Gasteiger partial charge is 0.394 e. The van der Waals surface area contributed by atoms with Gasteiger partial charge in [0.05, 0.1) is 11.1 Å². The quantitative estimate of drug-likeness (QED) is 0.715. The first-order valence-electron chi connectivity index (χ1n) is 4.63. The Hall–Kier alpha value is -1.52. The highest BCUT2D eigenvalue weighted by atomic mass is 35.5. The fourth-order valence-corrected chi connectivity index (χ4v) is 2.89. The number of nitrogens with zero attached hydrogens (tertiary/aromatic N) is 1. The highest BCUT2D eigenvalue weighted by molar-refractivity contribution is 7.22. The second-order valence-corrected chi connectivity index (χ2v) is 4.92. The molecule has 0 atom stereocenters. The van der Waals surface area contributed by atoms with Crippen molar-refractivity contribution in [3.05, 3.63) is 35.5 Å². The molecule has 0 aliphatic carbocycles. The van der Waals surface area contributed by atoms with E-state index in [1.54, 1.807) is 11.3 Å². The van der Waals surface area contributed by atoms with Crippen LogP contribution in [0.1, 0.15) is 0 Å². The summed E-state index contributed by atoms with van der Waals surface area (Å²) in [5.74, 6) is 0.623. The predicted octanol–water partition coefficient (Wildman–Crippen LogP) is 3.79. The number of anilines is 1. The number of rotatable bonds is 1. The molecule has 16 heavy (non-hydrogen) atoms. The Bertz CT molecular complexity index is 659. The van der Waals surface area contributed by atoms with Crippen LogP contribution in [0, 0.1) is 0 Å². The van der Waals surface area contributed by atoms with E-state index in [2.05, 4.69) is 5.16 Å². The zero-order valence-electron chi connectivity index (χ0n) is 8.11. The van der Waals surface area contributed by atoms with Crippen LogP contribution in [0.4, 0.5) is 5.69 Å². The third kappa shape index (κ3) is 1.47. The first-order chi connectivity index (χ1) is 7.74. The third-order valence-electron chi connectivity index (χ3n) is 2.30. The first-order valence-corrected chi connectivity index (χ1v) is 5.83. The molecule has 0 radical (unpaired) electrons. The van der Waals surface area contributed by atoms with E-state index in [0.717, 1.165) is 20.0 Å². The molecule has 3 aromatic rings. The molecule has 1 aromatic carbocycles. The van der Waals surface area contributed by atoms with Gasteiger partial charge in [0.2, 0.25) is 0 Å². The lowest BCUT2D eigenvalue weighted by Gasteiger charge is -1.88. The van der Waals surface area contributed by atoms with E-state index in [-0.39, 0.29) is 0 Å². The zero-order valence-corrected chi connectivity index (χ0v) is 9.68. The molecule has 0 fully saturated rings. The molecule has 0 amide bonds. The van der Waals surface area contributed by atoms with Crippen LogP contribution in [-0.2, 0) is 0 Å². The van der Waals surface area contributed by atoms with Crippen molar-refractivity contribution in [1.29, 1.82) is 0 Å². The normalized spacial score (nSPS) is 11.1. The number of halogens is 1. The molecule has 3 nitrogen and oxygen atoms in total. The Morgan fingerprint density at radius 3 is 2.94 bits per heavy atom. The number of thiophene rings is 1. The van der Waals surface area contributed by atoms with E-state index < -0.39 is 0 Å². The van der Waals surface area contributed by atoms with Crippen LogP contribution in [0.25, 0.3) is 20.7 Å². The van der Waals surface area contributed by atoms with Gasteiger partial charge in [-0.1, -0.05) is 22.8 Å². The van der Waals surface area contributed by atoms with Gasteiger partial charge in [0, 0.05) is 9.72 Å². The van der Waals surface area contributed by atoms with E-state index in [0.29, 0.717) is 11.4 Å². The Morgan fingerprint density at radius 1 is 1.31 bits per heavy atom. The van der Waals surface area contributed by atoms with Gasteiger partial charge in [0.1, 0.15) is 5.69 Å². The molecule has 3 rings (SSSR count). The first kappa shape index (κ1) is 9.69. The minimum absolute atomic E-state index is 0.553. The smallest absolute Gasteiger partial charge is 0.199 e. The van der Waals surface area contributed by atoms with E-state index >= 15 is 0 Å². The molecule has 0 saturated heterocycles. The van der Waals surface area contributed by atoms with Gasteiger partial charge in [-0.15, -0.1) is 11.3 Å². The molecule has 2 N–H and O–H groups in total. The number of benzene rings is 1. The van der Waals surface area contributed by atoms with Crippen molar-refractivity contribution < 1.29 is 4.52 Å². The molecule has 5 heteroatoms. The summed E-state index contributed by atoms with van der Waals surface area (Å²) in [6.45, 7) is 0. The lowest BCUT2D eigenvalue weighted by Crippen LogP contribution is -1.81. The molecule has 0 aliphatic rings. The Kier molecular flexibility index (Phi) is 2.12. The van der Waals surface area contributed by atoms with Crippen LogP contribution in [0.5, 0.6) is 0 Å². The summed E-state index contributed by atoms with van der Waals surface area (Å²) in [6.07, 6.45) is 1.51. The highest BCUT2D eigenvalue weighted by Gasteiger charge is 2.11. The minimum Gasteiger partial charge on any atom is -0.394 e. The van der Waals surface area contributed by atoms with Crippen molar-refractivity contribution in [1.82, 2.24) is 5.16 Å². The maximum atomic E-state index is 5.93. The van der Waals surface area contributed by atoms with Gasteiger partial charge in [0.15, 0.2) is 5.76 Å². The van der Waals surface area contributed by atoms with Crippen LogP contribution >= 0.6 is 22.9 Å². The number of aromatic nitrogens is 1. The zero-order chi connectivity index (χ0) is 11.1.